The summed E-state index contributed by atoms with van der Waals surface area (Å²) in [5.41, 5.74) is 2.80. The van der Waals surface area contributed by atoms with Crippen LogP contribution >= 0.6 is 0 Å². The highest BCUT2D eigenvalue weighted by Gasteiger charge is 2.11. The molecule has 0 atom stereocenters. The molecule has 0 heterocycles. The third-order valence-electron chi connectivity index (χ3n) is 3.07. The third kappa shape index (κ3) is 7.67. The molecule has 0 spiro atoms. The fourth-order valence-electron chi connectivity index (χ4n) is 1.81. The molecule has 8 heteroatoms. The molecule has 0 radical (unpaired) electrons. The quantitative estimate of drug-likeness (QED) is 0.300. The van der Waals surface area contributed by atoms with Gasteiger partial charge in [-0.1, -0.05) is 0 Å². The monoisotopic (exact) mass is 351 g/mol. The molecule has 0 fully saturated rings. The number of methoxy groups -OCH3 is 2. The first-order valence-corrected chi connectivity index (χ1v) is 7.92. The van der Waals surface area contributed by atoms with Crippen LogP contribution < -0.4 is 20.2 Å². The van der Waals surface area contributed by atoms with Crippen molar-refractivity contribution in [3.63, 3.8) is 0 Å². The van der Waals surface area contributed by atoms with E-state index in [1.165, 1.54) is 13.3 Å². The van der Waals surface area contributed by atoms with Gasteiger partial charge in [-0.05, 0) is 32.4 Å². The standard InChI is InChI=1S/C17H25N3O5/c1-12(2)25-9-5-8-18-16(21)17(22)20-19-11-13-6-7-14(23-3)10-15(13)24-4/h6-7,10-12H,5,8-9H2,1-4H3,(H,18,21)(H,20,22)/b19-11+. The lowest BCUT2D eigenvalue weighted by Crippen LogP contribution is -2.38. The Kier molecular flexibility index (Phi) is 9.02. The molecule has 8 nitrogen and oxygen atoms in total. The van der Waals surface area contributed by atoms with Gasteiger partial charge >= 0.3 is 11.8 Å². The Balaban J connectivity index is 2.42. The van der Waals surface area contributed by atoms with Crippen molar-refractivity contribution < 1.29 is 23.8 Å². The van der Waals surface area contributed by atoms with Crippen LogP contribution in [0.25, 0.3) is 0 Å². The van der Waals surface area contributed by atoms with Crippen LogP contribution in [0.4, 0.5) is 0 Å². The maximum absolute atomic E-state index is 11.6. The van der Waals surface area contributed by atoms with Gasteiger partial charge in [0.05, 0.1) is 26.5 Å². The number of nitrogens with one attached hydrogen (secondary N) is 2. The van der Waals surface area contributed by atoms with Gasteiger partial charge in [-0.15, -0.1) is 0 Å². The van der Waals surface area contributed by atoms with Crippen molar-refractivity contribution in [1.82, 2.24) is 10.7 Å². The fraction of sp³-hybridized carbons (Fsp3) is 0.471. The van der Waals surface area contributed by atoms with E-state index in [0.29, 0.717) is 36.6 Å². The van der Waals surface area contributed by atoms with Crippen LogP contribution in [0.15, 0.2) is 23.3 Å². The highest BCUT2D eigenvalue weighted by molar-refractivity contribution is 6.35. The number of hydrazone groups is 1. The first-order chi connectivity index (χ1) is 12.0. The molecule has 2 amide bonds. The van der Waals surface area contributed by atoms with Gasteiger partial charge in [-0.25, -0.2) is 5.43 Å². The number of amides is 2. The normalized spacial score (nSPS) is 10.8. The molecule has 0 bridgehead atoms. The summed E-state index contributed by atoms with van der Waals surface area (Å²) in [7, 11) is 3.07. The molecule has 1 rings (SSSR count). The lowest BCUT2D eigenvalue weighted by molar-refractivity contribution is -0.139. The van der Waals surface area contributed by atoms with E-state index in [0.717, 1.165) is 0 Å². The number of carbonyl (C=O) groups excluding carboxylic acids is 2. The second-order valence-corrected chi connectivity index (χ2v) is 5.34. The minimum absolute atomic E-state index is 0.142. The molecule has 25 heavy (non-hydrogen) atoms. The van der Waals surface area contributed by atoms with Gasteiger partial charge in [-0.2, -0.15) is 5.10 Å². The summed E-state index contributed by atoms with van der Waals surface area (Å²) in [5, 5.41) is 6.26. The number of benzene rings is 1. The van der Waals surface area contributed by atoms with Crippen LogP contribution in [0.3, 0.4) is 0 Å². The molecule has 1 aromatic rings. The van der Waals surface area contributed by atoms with Crippen LogP contribution in [0, 0.1) is 0 Å². The second kappa shape index (κ2) is 11.0. The SMILES string of the molecule is COc1ccc(/C=N/NC(=O)C(=O)NCCCOC(C)C)c(OC)c1. The first kappa shape index (κ1) is 20.4. The summed E-state index contributed by atoms with van der Waals surface area (Å²) in [6.07, 6.45) is 2.16. The van der Waals surface area contributed by atoms with Crippen molar-refractivity contribution in [3.05, 3.63) is 23.8 Å². The van der Waals surface area contributed by atoms with Gasteiger partial charge in [-0.3, -0.25) is 9.59 Å². The zero-order chi connectivity index (χ0) is 18.7. The average molecular weight is 351 g/mol. The van der Waals surface area contributed by atoms with Crippen molar-refractivity contribution in [2.24, 2.45) is 5.10 Å². The lowest BCUT2D eigenvalue weighted by Gasteiger charge is -2.08. The number of hydrogen-bond acceptors (Lipinski definition) is 6. The summed E-state index contributed by atoms with van der Waals surface area (Å²) in [6.45, 7) is 4.74. The maximum Gasteiger partial charge on any atom is 0.329 e. The predicted molar refractivity (Wildman–Crippen MR) is 94.0 cm³/mol. The average Bonchev–Trinajstić information content (AvgIpc) is 2.60. The number of hydrogen-bond donors (Lipinski definition) is 2. The van der Waals surface area contributed by atoms with Crippen molar-refractivity contribution in [1.29, 1.82) is 0 Å². The number of carbonyl (C=O) groups is 2. The minimum atomic E-state index is -0.839. The Bertz CT molecular complexity index is 602. The minimum Gasteiger partial charge on any atom is -0.497 e. The Morgan fingerprint density at radius 1 is 1.20 bits per heavy atom. The van der Waals surface area contributed by atoms with Crippen molar-refractivity contribution >= 4 is 18.0 Å². The van der Waals surface area contributed by atoms with Crippen LogP contribution in [0.5, 0.6) is 11.5 Å². The number of rotatable bonds is 9. The van der Waals surface area contributed by atoms with E-state index in [9.17, 15) is 9.59 Å². The highest BCUT2D eigenvalue weighted by Crippen LogP contribution is 2.22. The van der Waals surface area contributed by atoms with Crippen LogP contribution in [0.2, 0.25) is 0 Å². The molecule has 0 aliphatic rings. The first-order valence-electron chi connectivity index (χ1n) is 7.92. The molecule has 1 aromatic carbocycles. The highest BCUT2D eigenvalue weighted by atomic mass is 16.5. The van der Waals surface area contributed by atoms with E-state index >= 15 is 0 Å². The molecule has 0 saturated heterocycles. The summed E-state index contributed by atoms with van der Waals surface area (Å²) < 4.78 is 15.6. The van der Waals surface area contributed by atoms with Gasteiger partial charge in [0.25, 0.3) is 0 Å². The van der Waals surface area contributed by atoms with E-state index in [1.807, 2.05) is 13.8 Å². The van der Waals surface area contributed by atoms with E-state index in [2.05, 4.69) is 15.8 Å². The summed E-state index contributed by atoms with van der Waals surface area (Å²) in [4.78, 5) is 23.3. The summed E-state index contributed by atoms with van der Waals surface area (Å²) in [6, 6.07) is 5.15. The van der Waals surface area contributed by atoms with Crippen molar-refractivity contribution in [2.45, 2.75) is 26.4 Å². The zero-order valence-corrected chi connectivity index (χ0v) is 15.0. The van der Waals surface area contributed by atoms with E-state index in [1.54, 1.807) is 25.3 Å². The van der Waals surface area contributed by atoms with E-state index in [-0.39, 0.29) is 6.10 Å². The van der Waals surface area contributed by atoms with Crippen LogP contribution in [0.1, 0.15) is 25.8 Å². The van der Waals surface area contributed by atoms with Crippen LogP contribution in [-0.4, -0.2) is 51.5 Å². The van der Waals surface area contributed by atoms with Crippen molar-refractivity contribution in [2.75, 3.05) is 27.4 Å². The molecule has 0 aliphatic carbocycles. The van der Waals surface area contributed by atoms with Crippen LogP contribution in [-0.2, 0) is 14.3 Å². The largest absolute Gasteiger partial charge is 0.497 e. The van der Waals surface area contributed by atoms with Gasteiger partial charge in [0.15, 0.2) is 0 Å². The topological polar surface area (TPSA) is 98.2 Å². The zero-order valence-electron chi connectivity index (χ0n) is 15.0. The molecule has 0 aromatic heterocycles. The second-order valence-electron chi connectivity index (χ2n) is 5.34. The molecular weight excluding hydrogens is 326 g/mol. The Morgan fingerprint density at radius 3 is 2.60 bits per heavy atom. The lowest BCUT2D eigenvalue weighted by atomic mass is 10.2. The van der Waals surface area contributed by atoms with Gasteiger partial charge < -0.3 is 19.5 Å². The molecule has 138 valence electrons. The molecule has 0 unspecified atom stereocenters. The van der Waals surface area contributed by atoms with Gasteiger partial charge in [0, 0.05) is 24.8 Å². The van der Waals surface area contributed by atoms with E-state index < -0.39 is 11.8 Å². The van der Waals surface area contributed by atoms with E-state index in [4.69, 9.17) is 14.2 Å². The molecule has 0 aliphatic heterocycles. The Labute approximate surface area is 147 Å². The Hall–Kier alpha value is -2.61. The summed E-state index contributed by atoms with van der Waals surface area (Å²) >= 11 is 0. The summed E-state index contributed by atoms with van der Waals surface area (Å²) in [5.74, 6) is -0.414. The molecular formula is C17H25N3O5. The predicted octanol–water partition coefficient (Wildman–Crippen LogP) is 1.09. The smallest absolute Gasteiger partial charge is 0.329 e. The van der Waals surface area contributed by atoms with Gasteiger partial charge in [0.2, 0.25) is 0 Å². The fourth-order valence-corrected chi connectivity index (χ4v) is 1.81. The molecule has 2 N–H and O–H groups in total. The number of nitrogens with zero attached hydrogens (tertiary/aromatic N) is 1. The number of ether oxygens (including phenoxy) is 3. The molecule has 0 saturated carbocycles. The van der Waals surface area contributed by atoms with Gasteiger partial charge in [0.1, 0.15) is 11.5 Å². The van der Waals surface area contributed by atoms with Crippen molar-refractivity contribution in [3.8, 4) is 11.5 Å². The maximum atomic E-state index is 11.6. The Morgan fingerprint density at radius 2 is 1.96 bits per heavy atom. The third-order valence-corrected chi connectivity index (χ3v) is 3.07.